The molecule has 5 heteroatoms. The molecule has 1 unspecified atom stereocenters. The zero-order valence-electron chi connectivity index (χ0n) is 12.7. The molecular weight excluding hydrogens is 266 g/mol. The van der Waals surface area contributed by atoms with Crippen molar-refractivity contribution in [3.63, 3.8) is 0 Å². The molecule has 1 heterocycles. The predicted molar refractivity (Wildman–Crippen MR) is 81.4 cm³/mol. The molecule has 0 saturated carbocycles. The van der Waals surface area contributed by atoms with Gasteiger partial charge in [-0.3, -0.25) is 4.90 Å². The second kappa shape index (κ2) is 6.79. The van der Waals surface area contributed by atoms with Gasteiger partial charge < -0.3 is 15.2 Å². The molecule has 0 bridgehead atoms. The summed E-state index contributed by atoms with van der Waals surface area (Å²) in [6.45, 7) is 7.94. The summed E-state index contributed by atoms with van der Waals surface area (Å²) in [4.78, 5) is 2.22. The Bertz CT molecular complexity index is 521. The number of nitrogens with one attached hydrogen (secondary N) is 1. The zero-order chi connectivity index (χ0) is 15.3. The number of nitrogens with zero attached hydrogens (tertiary/aromatic N) is 2. The number of rotatable bonds is 5. The van der Waals surface area contributed by atoms with Crippen molar-refractivity contribution in [2.75, 3.05) is 32.8 Å². The molecule has 2 N–H and O–H groups in total. The number of phenolic OH excluding ortho intramolecular Hbond substituents is 1. The van der Waals surface area contributed by atoms with E-state index in [2.05, 4.69) is 16.3 Å². The summed E-state index contributed by atoms with van der Waals surface area (Å²) in [5.41, 5.74) is 0.460. The Hall–Kier alpha value is -1.77. The molecule has 0 aromatic heterocycles. The molecular formula is C16H23N3O2. The van der Waals surface area contributed by atoms with Gasteiger partial charge in [0.05, 0.1) is 12.7 Å². The van der Waals surface area contributed by atoms with E-state index in [-0.39, 0.29) is 5.75 Å². The molecule has 1 aliphatic heterocycles. The monoisotopic (exact) mass is 289 g/mol. The standard InChI is InChI=1S/C16H23N3O2/c1-3-21-15-10-13(4-5-14(15)20)11-16(2,12-17)19-8-6-18-7-9-19/h4-5,10,18,20H,3,6-9,11H2,1-2H3. The molecule has 1 saturated heterocycles. The van der Waals surface area contributed by atoms with Crippen LogP contribution >= 0.6 is 0 Å². The highest BCUT2D eigenvalue weighted by Gasteiger charge is 2.33. The van der Waals surface area contributed by atoms with E-state index in [4.69, 9.17) is 4.74 Å². The summed E-state index contributed by atoms with van der Waals surface area (Å²) < 4.78 is 5.41. The van der Waals surface area contributed by atoms with Crippen molar-refractivity contribution in [2.24, 2.45) is 0 Å². The maximum atomic E-state index is 9.76. The van der Waals surface area contributed by atoms with Gasteiger partial charge in [-0.05, 0) is 31.5 Å². The van der Waals surface area contributed by atoms with Crippen LogP contribution in [0.15, 0.2) is 18.2 Å². The van der Waals surface area contributed by atoms with E-state index >= 15 is 0 Å². The van der Waals surface area contributed by atoms with Crippen LogP contribution in [0, 0.1) is 11.3 Å². The molecule has 114 valence electrons. The number of benzene rings is 1. The average molecular weight is 289 g/mol. The number of nitriles is 1. The summed E-state index contributed by atoms with van der Waals surface area (Å²) in [6.07, 6.45) is 0.615. The van der Waals surface area contributed by atoms with Crippen LogP contribution in [0.1, 0.15) is 19.4 Å². The fraction of sp³-hybridized carbons (Fsp3) is 0.562. The van der Waals surface area contributed by atoms with Crippen LogP contribution in [-0.4, -0.2) is 48.3 Å². The number of ether oxygens (including phenoxy) is 1. The Labute approximate surface area is 126 Å². The molecule has 1 aromatic carbocycles. The number of piperazine rings is 1. The maximum absolute atomic E-state index is 9.76. The third kappa shape index (κ3) is 3.66. The minimum Gasteiger partial charge on any atom is -0.504 e. The molecule has 1 aromatic rings. The van der Waals surface area contributed by atoms with E-state index in [9.17, 15) is 10.4 Å². The third-order valence-corrected chi connectivity index (χ3v) is 3.93. The van der Waals surface area contributed by atoms with Crippen molar-refractivity contribution in [2.45, 2.75) is 25.8 Å². The molecule has 1 atom stereocenters. The molecule has 0 amide bonds. The normalized spacial score (nSPS) is 18.7. The van der Waals surface area contributed by atoms with Gasteiger partial charge in [-0.15, -0.1) is 0 Å². The Morgan fingerprint density at radius 3 is 2.76 bits per heavy atom. The highest BCUT2D eigenvalue weighted by atomic mass is 16.5. The van der Waals surface area contributed by atoms with Gasteiger partial charge in [0, 0.05) is 32.6 Å². The summed E-state index contributed by atoms with van der Waals surface area (Å²) in [7, 11) is 0. The van der Waals surface area contributed by atoms with Crippen molar-refractivity contribution in [1.29, 1.82) is 5.26 Å². The zero-order valence-corrected chi connectivity index (χ0v) is 12.7. The Kier molecular flexibility index (Phi) is 5.05. The van der Waals surface area contributed by atoms with Crippen LogP contribution in [-0.2, 0) is 6.42 Å². The Morgan fingerprint density at radius 1 is 1.43 bits per heavy atom. The van der Waals surface area contributed by atoms with Gasteiger partial charge in [-0.1, -0.05) is 6.07 Å². The van der Waals surface area contributed by atoms with Gasteiger partial charge in [0.25, 0.3) is 0 Å². The minimum absolute atomic E-state index is 0.140. The lowest BCUT2D eigenvalue weighted by Crippen LogP contribution is -2.55. The first-order valence-electron chi connectivity index (χ1n) is 7.41. The van der Waals surface area contributed by atoms with E-state index in [1.54, 1.807) is 6.07 Å². The molecule has 0 radical (unpaired) electrons. The number of hydrogen-bond acceptors (Lipinski definition) is 5. The van der Waals surface area contributed by atoms with E-state index in [0.717, 1.165) is 31.7 Å². The summed E-state index contributed by atoms with van der Waals surface area (Å²) in [5.74, 6) is 0.622. The summed E-state index contributed by atoms with van der Waals surface area (Å²) in [6, 6.07) is 7.78. The molecule has 1 fully saturated rings. The highest BCUT2D eigenvalue weighted by molar-refractivity contribution is 5.42. The molecule has 1 aliphatic rings. The first kappa shape index (κ1) is 15.6. The SMILES string of the molecule is CCOc1cc(CC(C)(C#N)N2CCNCC2)ccc1O. The predicted octanol–water partition coefficient (Wildman–Crippen LogP) is 1.52. The van der Waals surface area contributed by atoms with Crippen LogP contribution in [0.4, 0.5) is 0 Å². The number of hydrogen-bond donors (Lipinski definition) is 2. The average Bonchev–Trinajstić information content (AvgIpc) is 2.51. The van der Waals surface area contributed by atoms with Crippen LogP contribution in [0.3, 0.4) is 0 Å². The van der Waals surface area contributed by atoms with E-state index in [1.807, 2.05) is 26.0 Å². The van der Waals surface area contributed by atoms with Gasteiger partial charge in [0.15, 0.2) is 11.5 Å². The lowest BCUT2D eigenvalue weighted by molar-refractivity contribution is 0.132. The van der Waals surface area contributed by atoms with Crippen molar-refractivity contribution in [3.8, 4) is 17.6 Å². The summed E-state index contributed by atoms with van der Waals surface area (Å²) in [5, 5.41) is 22.7. The summed E-state index contributed by atoms with van der Waals surface area (Å²) >= 11 is 0. The quantitative estimate of drug-likeness (QED) is 0.860. The highest BCUT2D eigenvalue weighted by Crippen LogP contribution is 2.29. The fourth-order valence-electron chi connectivity index (χ4n) is 2.72. The van der Waals surface area contributed by atoms with Crippen LogP contribution in [0.2, 0.25) is 0 Å². The Morgan fingerprint density at radius 2 is 2.14 bits per heavy atom. The smallest absolute Gasteiger partial charge is 0.161 e. The van der Waals surface area contributed by atoms with Gasteiger partial charge in [0.1, 0.15) is 5.54 Å². The second-order valence-electron chi connectivity index (χ2n) is 5.53. The van der Waals surface area contributed by atoms with Crippen molar-refractivity contribution < 1.29 is 9.84 Å². The van der Waals surface area contributed by atoms with Crippen molar-refractivity contribution >= 4 is 0 Å². The molecule has 21 heavy (non-hydrogen) atoms. The van der Waals surface area contributed by atoms with Crippen LogP contribution in [0.25, 0.3) is 0 Å². The van der Waals surface area contributed by atoms with E-state index < -0.39 is 5.54 Å². The van der Waals surface area contributed by atoms with E-state index in [0.29, 0.717) is 18.8 Å². The van der Waals surface area contributed by atoms with Crippen molar-refractivity contribution in [1.82, 2.24) is 10.2 Å². The first-order chi connectivity index (χ1) is 10.1. The first-order valence-corrected chi connectivity index (χ1v) is 7.41. The van der Waals surface area contributed by atoms with Crippen molar-refractivity contribution in [3.05, 3.63) is 23.8 Å². The maximum Gasteiger partial charge on any atom is 0.161 e. The lowest BCUT2D eigenvalue weighted by Gasteiger charge is -2.39. The molecule has 5 nitrogen and oxygen atoms in total. The van der Waals surface area contributed by atoms with E-state index in [1.165, 1.54) is 0 Å². The second-order valence-corrected chi connectivity index (χ2v) is 5.53. The topological polar surface area (TPSA) is 68.5 Å². The number of phenols is 1. The fourth-order valence-corrected chi connectivity index (χ4v) is 2.72. The molecule has 2 rings (SSSR count). The largest absolute Gasteiger partial charge is 0.504 e. The van der Waals surface area contributed by atoms with Gasteiger partial charge >= 0.3 is 0 Å². The third-order valence-electron chi connectivity index (χ3n) is 3.93. The van der Waals surface area contributed by atoms with Gasteiger partial charge in [-0.2, -0.15) is 5.26 Å². The van der Waals surface area contributed by atoms with Crippen LogP contribution in [0.5, 0.6) is 11.5 Å². The number of aromatic hydroxyl groups is 1. The molecule has 0 aliphatic carbocycles. The van der Waals surface area contributed by atoms with Crippen LogP contribution < -0.4 is 10.1 Å². The Balaban J connectivity index is 2.17. The lowest BCUT2D eigenvalue weighted by atomic mass is 9.91. The minimum atomic E-state index is -0.539. The van der Waals surface area contributed by atoms with Gasteiger partial charge in [0.2, 0.25) is 0 Å². The molecule has 0 spiro atoms. The van der Waals surface area contributed by atoms with Gasteiger partial charge in [-0.25, -0.2) is 0 Å².